The van der Waals surface area contributed by atoms with Gasteiger partial charge in [0.05, 0.1) is 21.7 Å². The number of carbonyl (C=O) groups is 1. The first-order valence-electron chi connectivity index (χ1n) is 6.47. The molecule has 3 rings (SSSR count). The van der Waals surface area contributed by atoms with E-state index in [9.17, 15) is 18.0 Å². The number of para-hydroxylation sites is 1. The number of halogens is 4. The normalized spacial score (nSPS) is 11.7. The van der Waals surface area contributed by atoms with Gasteiger partial charge in [0.25, 0.3) is 5.91 Å². The third-order valence-electron chi connectivity index (χ3n) is 3.13. The van der Waals surface area contributed by atoms with E-state index in [2.05, 4.69) is 15.3 Å². The number of imidazole rings is 1. The van der Waals surface area contributed by atoms with Crippen LogP contribution in [-0.4, -0.2) is 15.9 Å². The average molecular weight is 340 g/mol. The summed E-state index contributed by atoms with van der Waals surface area (Å²) in [6, 6.07) is 10.7. The van der Waals surface area contributed by atoms with Gasteiger partial charge >= 0.3 is 6.18 Å². The van der Waals surface area contributed by atoms with Crippen LogP contribution in [0.2, 0.25) is 5.02 Å². The van der Waals surface area contributed by atoms with Crippen molar-refractivity contribution in [2.75, 3.05) is 5.32 Å². The van der Waals surface area contributed by atoms with Gasteiger partial charge in [-0.05, 0) is 30.3 Å². The van der Waals surface area contributed by atoms with Crippen molar-refractivity contribution in [3.63, 3.8) is 0 Å². The fourth-order valence-electron chi connectivity index (χ4n) is 2.04. The highest BCUT2D eigenvalue weighted by atomic mass is 35.5. The molecule has 0 spiro atoms. The SMILES string of the molecule is O=C(Nc1ccccc1Cl)c1ccc2nc(C(F)(F)F)[nH]c2c1. The van der Waals surface area contributed by atoms with Crippen LogP contribution in [0.15, 0.2) is 42.5 Å². The van der Waals surface area contributed by atoms with Crippen LogP contribution in [0.3, 0.4) is 0 Å². The first-order chi connectivity index (χ1) is 10.8. The largest absolute Gasteiger partial charge is 0.449 e. The first kappa shape index (κ1) is 15.4. The lowest BCUT2D eigenvalue weighted by Gasteiger charge is -2.06. The number of benzene rings is 2. The van der Waals surface area contributed by atoms with Crippen LogP contribution in [0.4, 0.5) is 18.9 Å². The molecule has 0 atom stereocenters. The Morgan fingerprint density at radius 2 is 1.91 bits per heavy atom. The number of hydrogen-bond acceptors (Lipinski definition) is 2. The van der Waals surface area contributed by atoms with Crippen molar-refractivity contribution in [1.82, 2.24) is 9.97 Å². The molecule has 0 aliphatic carbocycles. The van der Waals surface area contributed by atoms with Crippen LogP contribution in [0.5, 0.6) is 0 Å². The summed E-state index contributed by atoms with van der Waals surface area (Å²) in [5.41, 5.74) is 0.866. The quantitative estimate of drug-likeness (QED) is 0.723. The molecule has 0 aliphatic rings. The third kappa shape index (κ3) is 3.14. The van der Waals surface area contributed by atoms with Crippen molar-refractivity contribution in [3.8, 4) is 0 Å². The van der Waals surface area contributed by atoms with E-state index in [0.717, 1.165) is 0 Å². The molecule has 0 fully saturated rings. The van der Waals surface area contributed by atoms with E-state index in [0.29, 0.717) is 10.7 Å². The Morgan fingerprint density at radius 3 is 2.61 bits per heavy atom. The smallest absolute Gasteiger partial charge is 0.334 e. The predicted octanol–water partition coefficient (Wildman–Crippen LogP) is 4.49. The van der Waals surface area contributed by atoms with Gasteiger partial charge in [-0.1, -0.05) is 23.7 Å². The highest BCUT2D eigenvalue weighted by molar-refractivity contribution is 6.33. The molecule has 1 aromatic heterocycles. The van der Waals surface area contributed by atoms with Crippen molar-refractivity contribution >= 4 is 34.2 Å². The topological polar surface area (TPSA) is 57.8 Å². The van der Waals surface area contributed by atoms with Crippen LogP contribution in [0, 0.1) is 0 Å². The molecule has 3 aromatic rings. The second kappa shape index (κ2) is 5.58. The number of aromatic nitrogens is 2. The van der Waals surface area contributed by atoms with E-state index >= 15 is 0 Å². The van der Waals surface area contributed by atoms with Gasteiger partial charge in [-0.15, -0.1) is 0 Å². The number of rotatable bonds is 2. The first-order valence-corrected chi connectivity index (χ1v) is 6.85. The molecule has 1 heterocycles. The number of aromatic amines is 1. The lowest BCUT2D eigenvalue weighted by Crippen LogP contribution is -2.12. The number of fused-ring (bicyclic) bond motifs is 1. The molecule has 118 valence electrons. The maximum atomic E-state index is 12.6. The zero-order valence-corrected chi connectivity index (χ0v) is 12.2. The van der Waals surface area contributed by atoms with E-state index in [1.807, 2.05) is 0 Å². The molecule has 0 saturated heterocycles. The Bertz CT molecular complexity index is 889. The maximum Gasteiger partial charge on any atom is 0.449 e. The van der Waals surface area contributed by atoms with Crippen LogP contribution in [-0.2, 0) is 6.18 Å². The molecule has 0 saturated carbocycles. The van der Waals surface area contributed by atoms with Crippen LogP contribution >= 0.6 is 11.6 Å². The minimum atomic E-state index is -4.57. The number of alkyl halides is 3. The van der Waals surface area contributed by atoms with Gasteiger partial charge in [-0.25, -0.2) is 4.98 Å². The molecule has 0 aliphatic heterocycles. The number of nitrogens with one attached hydrogen (secondary N) is 2. The fraction of sp³-hybridized carbons (Fsp3) is 0.0667. The van der Waals surface area contributed by atoms with Crippen molar-refractivity contribution in [2.24, 2.45) is 0 Å². The Balaban J connectivity index is 1.91. The molecule has 8 heteroatoms. The summed E-state index contributed by atoms with van der Waals surface area (Å²) in [6.45, 7) is 0. The van der Waals surface area contributed by atoms with Gasteiger partial charge in [0.2, 0.25) is 5.82 Å². The molecule has 2 N–H and O–H groups in total. The number of hydrogen-bond donors (Lipinski definition) is 2. The van der Waals surface area contributed by atoms with E-state index in [4.69, 9.17) is 11.6 Å². The maximum absolute atomic E-state index is 12.6. The Morgan fingerprint density at radius 1 is 1.17 bits per heavy atom. The lowest BCUT2D eigenvalue weighted by molar-refractivity contribution is -0.144. The Kier molecular flexibility index (Phi) is 3.73. The van der Waals surface area contributed by atoms with E-state index in [1.165, 1.54) is 18.2 Å². The van der Waals surface area contributed by atoms with Gasteiger partial charge in [0.15, 0.2) is 0 Å². The lowest BCUT2D eigenvalue weighted by atomic mass is 10.2. The van der Waals surface area contributed by atoms with Crippen molar-refractivity contribution in [2.45, 2.75) is 6.18 Å². The third-order valence-corrected chi connectivity index (χ3v) is 3.46. The van der Waals surface area contributed by atoms with Crippen LogP contribution in [0.1, 0.15) is 16.2 Å². The molecule has 2 aromatic carbocycles. The van der Waals surface area contributed by atoms with E-state index < -0.39 is 17.9 Å². The molecule has 0 unspecified atom stereocenters. The second-order valence-corrected chi connectivity index (χ2v) is 5.16. The van der Waals surface area contributed by atoms with Crippen molar-refractivity contribution in [1.29, 1.82) is 0 Å². The highest BCUT2D eigenvalue weighted by Gasteiger charge is 2.34. The van der Waals surface area contributed by atoms with Crippen LogP contribution in [0.25, 0.3) is 11.0 Å². The van der Waals surface area contributed by atoms with E-state index in [1.54, 1.807) is 24.3 Å². The van der Waals surface area contributed by atoms with Gasteiger partial charge in [-0.3, -0.25) is 4.79 Å². The molecule has 0 bridgehead atoms. The number of nitrogens with zero attached hydrogens (tertiary/aromatic N) is 1. The second-order valence-electron chi connectivity index (χ2n) is 4.75. The zero-order valence-electron chi connectivity index (χ0n) is 11.4. The zero-order chi connectivity index (χ0) is 16.6. The van der Waals surface area contributed by atoms with Crippen molar-refractivity contribution in [3.05, 3.63) is 58.9 Å². The molecule has 0 radical (unpaired) electrons. The number of amides is 1. The van der Waals surface area contributed by atoms with Crippen molar-refractivity contribution < 1.29 is 18.0 Å². The Labute approximate surface area is 133 Å². The average Bonchev–Trinajstić information content (AvgIpc) is 2.92. The predicted molar refractivity (Wildman–Crippen MR) is 80.5 cm³/mol. The standard InChI is InChI=1S/C15H9ClF3N3O/c16-9-3-1-2-4-10(9)20-13(23)8-5-6-11-12(7-8)22-14(21-11)15(17,18)19/h1-7H,(H,20,23)(H,21,22). The molecule has 1 amide bonds. The molecular formula is C15H9ClF3N3O. The molecule has 23 heavy (non-hydrogen) atoms. The van der Waals surface area contributed by atoms with Crippen LogP contribution < -0.4 is 5.32 Å². The number of anilines is 1. The summed E-state index contributed by atoms with van der Waals surface area (Å²) in [5.74, 6) is -1.58. The molecule has 4 nitrogen and oxygen atoms in total. The Hall–Kier alpha value is -2.54. The minimum Gasteiger partial charge on any atom is -0.334 e. The number of H-pyrrole nitrogens is 1. The number of carbonyl (C=O) groups excluding carboxylic acids is 1. The summed E-state index contributed by atoms with van der Waals surface area (Å²) in [6.07, 6.45) is -4.57. The summed E-state index contributed by atoms with van der Waals surface area (Å²) < 4.78 is 37.9. The van der Waals surface area contributed by atoms with Gasteiger partial charge in [-0.2, -0.15) is 13.2 Å². The van der Waals surface area contributed by atoms with Gasteiger partial charge < -0.3 is 10.3 Å². The minimum absolute atomic E-state index is 0.129. The summed E-state index contributed by atoms with van der Waals surface area (Å²) in [4.78, 5) is 17.8. The summed E-state index contributed by atoms with van der Waals surface area (Å²) >= 11 is 5.95. The fourth-order valence-corrected chi connectivity index (χ4v) is 2.23. The summed E-state index contributed by atoms with van der Waals surface area (Å²) in [5, 5.41) is 2.96. The van der Waals surface area contributed by atoms with Gasteiger partial charge in [0, 0.05) is 5.56 Å². The van der Waals surface area contributed by atoms with E-state index in [-0.39, 0.29) is 16.6 Å². The summed E-state index contributed by atoms with van der Waals surface area (Å²) in [7, 11) is 0. The van der Waals surface area contributed by atoms with Gasteiger partial charge in [0.1, 0.15) is 0 Å². The monoisotopic (exact) mass is 339 g/mol. The molecular weight excluding hydrogens is 331 g/mol. The highest BCUT2D eigenvalue weighted by Crippen LogP contribution is 2.29.